The van der Waals surface area contributed by atoms with Crippen molar-refractivity contribution in [3.8, 4) is 0 Å². The molecular formula is C12H13FO3. The van der Waals surface area contributed by atoms with Crippen molar-refractivity contribution >= 4 is 5.97 Å². The minimum Gasteiger partial charge on any atom is -0.479 e. The zero-order valence-corrected chi connectivity index (χ0v) is 8.94. The average Bonchev–Trinajstić information content (AvgIpc) is 3.00. The Kier molecular flexibility index (Phi) is 2.68. The van der Waals surface area contributed by atoms with Crippen LogP contribution in [-0.4, -0.2) is 24.3 Å². The summed E-state index contributed by atoms with van der Waals surface area (Å²) < 4.78 is 18.1. The predicted octanol–water partition coefficient (Wildman–Crippen LogP) is 1.96. The normalized spacial score (nSPS) is 19.1. The van der Waals surface area contributed by atoms with E-state index in [4.69, 9.17) is 9.84 Å². The Bertz CT molecular complexity index is 412. The summed E-state index contributed by atoms with van der Waals surface area (Å²) >= 11 is 0. The fourth-order valence-electron chi connectivity index (χ4n) is 2.20. The third-order valence-electron chi connectivity index (χ3n) is 3.15. The van der Waals surface area contributed by atoms with Crippen LogP contribution in [0.3, 0.4) is 0 Å². The molecule has 1 unspecified atom stereocenters. The van der Waals surface area contributed by atoms with Crippen LogP contribution in [0.2, 0.25) is 0 Å². The number of ether oxygens (including phenoxy) is 1. The van der Waals surface area contributed by atoms with Gasteiger partial charge in [0.2, 0.25) is 0 Å². The number of rotatable bonds is 4. The highest BCUT2D eigenvalue weighted by atomic mass is 19.1. The zero-order chi connectivity index (χ0) is 11.8. The van der Waals surface area contributed by atoms with Crippen molar-refractivity contribution in [1.29, 1.82) is 0 Å². The van der Waals surface area contributed by atoms with Crippen LogP contribution in [0.15, 0.2) is 24.3 Å². The molecule has 1 aromatic carbocycles. The Hall–Kier alpha value is -1.42. The SMILES string of the molecule is COC(C(=O)O)C1(c2cccc(F)c2)CC1. The van der Waals surface area contributed by atoms with Gasteiger partial charge in [-0.15, -0.1) is 0 Å². The first kappa shape index (κ1) is 11.1. The molecule has 0 heterocycles. The van der Waals surface area contributed by atoms with E-state index in [1.165, 1.54) is 19.2 Å². The molecule has 0 spiro atoms. The van der Waals surface area contributed by atoms with Crippen LogP contribution in [0.1, 0.15) is 18.4 Å². The Balaban J connectivity index is 2.35. The van der Waals surface area contributed by atoms with Crippen LogP contribution in [0, 0.1) is 5.82 Å². The minimum atomic E-state index is -0.996. The maximum absolute atomic E-state index is 13.1. The van der Waals surface area contributed by atoms with Gasteiger partial charge in [-0.2, -0.15) is 0 Å². The lowest BCUT2D eigenvalue weighted by Crippen LogP contribution is -2.35. The first-order valence-corrected chi connectivity index (χ1v) is 5.12. The van der Waals surface area contributed by atoms with Gasteiger partial charge in [0.15, 0.2) is 6.10 Å². The molecule has 1 aliphatic carbocycles. The van der Waals surface area contributed by atoms with E-state index in [-0.39, 0.29) is 5.82 Å². The topological polar surface area (TPSA) is 46.5 Å². The van der Waals surface area contributed by atoms with Crippen LogP contribution in [0.25, 0.3) is 0 Å². The number of hydrogen-bond acceptors (Lipinski definition) is 2. The number of halogens is 1. The summed E-state index contributed by atoms with van der Waals surface area (Å²) in [6, 6.07) is 6.09. The van der Waals surface area contributed by atoms with E-state index in [2.05, 4.69) is 0 Å². The molecule has 1 fully saturated rings. The van der Waals surface area contributed by atoms with Gasteiger partial charge in [-0.3, -0.25) is 0 Å². The highest BCUT2D eigenvalue weighted by Crippen LogP contribution is 2.52. The lowest BCUT2D eigenvalue weighted by Gasteiger charge is -2.22. The summed E-state index contributed by atoms with van der Waals surface area (Å²) in [6.45, 7) is 0. The van der Waals surface area contributed by atoms with E-state index in [1.54, 1.807) is 12.1 Å². The highest BCUT2D eigenvalue weighted by Gasteiger charge is 2.54. The van der Waals surface area contributed by atoms with E-state index >= 15 is 0 Å². The summed E-state index contributed by atoms with van der Waals surface area (Å²) in [5.74, 6) is -1.34. The maximum atomic E-state index is 13.1. The minimum absolute atomic E-state index is 0.344. The third-order valence-corrected chi connectivity index (χ3v) is 3.15. The van der Waals surface area contributed by atoms with E-state index in [1.807, 2.05) is 0 Å². The molecule has 4 heteroatoms. The first-order valence-electron chi connectivity index (χ1n) is 5.12. The number of benzene rings is 1. The second kappa shape index (κ2) is 3.87. The molecule has 1 aliphatic rings. The Morgan fingerprint density at radius 3 is 2.69 bits per heavy atom. The molecule has 0 aliphatic heterocycles. The molecule has 0 amide bonds. The number of carboxylic acid groups (broad SMARTS) is 1. The summed E-state index contributed by atoms with van der Waals surface area (Å²) in [5, 5.41) is 9.06. The fourth-order valence-corrected chi connectivity index (χ4v) is 2.20. The average molecular weight is 224 g/mol. The summed E-state index contributed by atoms with van der Waals surface area (Å²) in [5.41, 5.74) is 0.171. The second-order valence-corrected chi connectivity index (χ2v) is 4.12. The predicted molar refractivity (Wildman–Crippen MR) is 55.7 cm³/mol. The van der Waals surface area contributed by atoms with E-state index < -0.39 is 17.5 Å². The first-order chi connectivity index (χ1) is 7.60. The largest absolute Gasteiger partial charge is 0.479 e. The van der Waals surface area contributed by atoms with E-state index in [0.29, 0.717) is 5.56 Å². The van der Waals surface area contributed by atoms with Crippen molar-refractivity contribution in [3.05, 3.63) is 35.6 Å². The molecule has 0 saturated heterocycles. The Morgan fingerprint density at radius 2 is 2.25 bits per heavy atom. The summed E-state index contributed by atoms with van der Waals surface area (Å²) in [4.78, 5) is 11.1. The molecule has 0 bridgehead atoms. The van der Waals surface area contributed by atoms with Crippen LogP contribution >= 0.6 is 0 Å². The number of hydrogen-bond donors (Lipinski definition) is 1. The van der Waals surface area contributed by atoms with Gasteiger partial charge in [0.25, 0.3) is 0 Å². The summed E-state index contributed by atoms with van der Waals surface area (Å²) in [6.07, 6.45) is 0.553. The number of aliphatic carboxylic acids is 1. The molecule has 16 heavy (non-hydrogen) atoms. The van der Waals surface area contributed by atoms with Crippen LogP contribution in [0.4, 0.5) is 4.39 Å². The standard InChI is InChI=1S/C12H13FO3/c1-16-10(11(14)15)12(5-6-12)8-3-2-4-9(13)7-8/h2-4,7,10H,5-6H2,1H3,(H,14,15). The highest BCUT2D eigenvalue weighted by molar-refractivity contribution is 5.76. The molecule has 2 rings (SSSR count). The lowest BCUT2D eigenvalue weighted by molar-refractivity contribution is -0.150. The van der Waals surface area contributed by atoms with Gasteiger partial charge < -0.3 is 9.84 Å². The number of methoxy groups -OCH3 is 1. The molecule has 1 N–H and O–H groups in total. The molecule has 3 nitrogen and oxygen atoms in total. The molecule has 0 aromatic heterocycles. The number of carboxylic acids is 1. The molecule has 1 aromatic rings. The van der Waals surface area contributed by atoms with E-state index in [0.717, 1.165) is 12.8 Å². The Labute approximate surface area is 92.9 Å². The van der Waals surface area contributed by atoms with E-state index in [9.17, 15) is 9.18 Å². The van der Waals surface area contributed by atoms with Gasteiger partial charge >= 0.3 is 5.97 Å². The van der Waals surface area contributed by atoms with Crippen LogP contribution < -0.4 is 0 Å². The van der Waals surface area contributed by atoms with Gasteiger partial charge in [-0.25, -0.2) is 9.18 Å². The lowest BCUT2D eigenvalue weighted by atomic mass is 9.90. The maximum Gasteiger partial charge on any atom is 0.333 e. The van der Waals surface area contributed by atoms with Gasteiger partial charge in [-0.05, 0) is 30.5 Å². The van der Waals surface area contributed by atoms with Crippen molar-refractivity contribution in [2.75, 3.05) is 7.11 Å². The monoisotopic (exact) mass is 224 g/mol. The van der Waals surface area contributed by atoms with Gasteiger partial charge in [0.05, 0.1) is 0 Å². The van der Waals surface area contributed by atoms with Crippen molar-refractivity contribution in [3.63, 3.8) is 0 Å². The summed E-state index contributed by atoms with van der Waals surface area (Å²) in [7, 11) is 1.37. The second-order valence-electron chi connectivity index (χ2n) is 4.12. The molecular weight excluding hydrogens is 211 g/mol. The fraction of sp³-hybridized carbons (Fsp3) is 0.417. The van der Waals surface area contributed by atoms with Crippen molar-refractivity contribution in [2.45, 2.75) is 24.4 Å². The van der Waals surface area contributed by atoms with Crippen LogP contribution in [-0.2, 0) is 14.9 Å². The molecule has 86 valence electrons. The number of carbonyl (C=O) groups is 1. The molecule has 1 saturated carbocycles. The van der Waals surface area contributed by atoms with Gasteiger partial charge in [0, 0.05) is 12.5 Å². The molecule has 0 radical (unpaired) electrons. The van der Waals surface area contributed by atoms with Crippen molar-refractivity contribution < 1.29 is 19.0 Å². The quantitative estimate of drug-likeness (QED) is 0.850. The van der Waals surface area contributed by atoms with Gasteiger partial charge in [-0.1, -0.05) is 12.1 Å². The smallest absolute Gasteiger partial charge is 0.333 e. The molecule has 1 atom stereocenters. The third kappa shape index (κ3) is 1.69. The van der Waals surface area contributed by atoms with Gasteiger partial charge in [0.1, 0.15) is 5.82 Å². The van der Waals surface area contributed by atoms with Crippen LogP contribution in [0.5, 0.6) is 0 Å². The Morgan fingerprint density at radius 1 is 1.56 bits per heavy atom. The van der Waals surface area contributed by atoms with Crippen molar-refractivity contribution in [2.24, 2.45) is 0 Å². The van der Waals surface area contributed by atoms with Crippen molar-refractivity contribution in [1.82, 2.24) is 0 Å². The zero-order valence-electron chi connectivity index (χ0n) is 8.94.